The first-order chi connectivity index (χ1) is 26.8. The molecule has 320 valence electrons. The molecule has 0 saturated carbocycles. The largest absolute Gasteiger partial charge is 0.472 e. The molecule has 6 N–H and O–H groups in total. The van der Waals surface area contributed by atoms with Gasteiger partial charge in [0.05, 0.1) is 37.9 Å². The van der Waals surface area contributed by atoms with E-state index >= 15 is 0 Å². The van der Waals surface area contributed by atoms with Crippen LogP contribution in [0.1, 0.15) is 181 Å². The lowest BCUT2D eigenvalue weighted by Crippen LogP contribution is -2.46. The van der Waals surface area contributed by atoms with Gasteiger partial charge in [0.2, 0.25) is 5.91 Å². The summed E-state index contributed by atoms with van der Waals surface area (Å²) in [6, 6.07) is -1.01. The molecular formula is C45H83N2O7P. The molecule has 0 aliphatic heterocycles. The number of phosphoric ester groups is 1. The second kappa shape index (κ2) is 40.4. The summed E-state index contributed by atoms with van der Waals surface area (Å²) in [5.41, 5.74) is 5.36. The number of phosphoric acid groups is 1. The average molecular weight is 795 g/mol. The predicted octanol–water partition coefficient (Wildman–Crippen LogP) is 11.2. The maximum Gasteiger partial charge on any atom is 0.472 e. The van der Waals surface area contributed by atoms with Crippen molar-refractivity contribution in [3.8, 4) is 0 Å². The van der Waals surface area contributed by atoms with E-state index in [0.717, 1.165) is 70.6 Å². The second-order valence-corrected chi connectivity index (χ2v) is 16.2. The molecule has 0 aromatic rings. The van der Waals surface area contributed by atoms with E-state index in [1.165, 1.54) is 77.0 Å². The third-order valence-electron chi connectivity index (χ3n) is 9.35. The topological polar surface area (TPSA) is 151 Å². The maximum absolute atomic E-state index is 12.8. The van der Waals surface area contributed by atoms with Crippen LogP contribution in [0.2, 0.25) is 0 Å². The van der Waals surface area contributed by atoms with Crippen LogP contribution in [0.3, 0.4) is 0 Å². The van der Waals surface area contributed by atoms with Gasteiger partial charge in [0.1, 0.15) is 0 Å². The highest BCUT2D eigenvalue weighted by molar-refractivity contribution is 7.47. The zero-order valence-electron chi connectivity index (χ0n) is 35.0. The molecule has 0 aliphatic rings. The van der Waals surface area contributed by atoms with Gasteiger partial charge in [0, 0.05) is 6.54 Å². The summed E-state index contributed by atoms with van der Waals surface area (Å²) in [6.07, 6.45) is 47.3. The van der Waals surface area contributed by atoms with Gasteiger partial charge in [-0.3, -0.25) is 13.8 Å². The fourth-order valence-electron chi connectivity index (χ4n) is 6.00. The Kier molecular flexibility index (Phi) is 39.0. The van der Waals surface area contributed by atoms with Crippen molar-refractivity contribution in [3.05, 3.63) is 60.8 Å². The molecule has 0 radical (unpaired) electrons. The van der Waals surface area contributed by atoms with Gasteiger partial charge in [-0.1, -0.05) is 158 Å². The van der Waals surface area contributed by atoms with Crippen LogP contribution in [-0.4, -0.2) is 59.0 Å². The average Bonchev–Trinajstić information content (AvgIpc) is 3.16. The van der Waals surface area contributed by atoms with Gasteiger partial charge >= 0.3 is 7.82 Å². The molecule has 9 nitrogen and oxygen atoms in total. The maximum atomic E-state index is 12.8. The standard InChI is InChI=1S/C45H83N2O7P/c1-3-5-7-9-11-13-15-17-19-20-21-23-25-27-29-31-33-35-37-44(49)43(41-54-55(51,52)53-39-38-46)47-45(50)40-42(48)36-34-32-30-28-26-24-22-18-16-14-12-10-8-6-4-2/h12,14,18,20-22,27,29,35,37,42-44,48-49H,3-11,13,15-17,19,23-26,28,30-34,36,38-41,46H2,1-2H3,(H,47,50)(H,51,52)/b14-12-,21-20+,22-18-,29-27+,37-35+. The van der Waals surface area contributed by atoms with Gasteiger partial charge in [0.15, 0.2) is 0 Å². The molecule has 0 aromatic heterocycles. The summed E-state index contributed by atoms with van der Waals surface area (Å²) < 4.78 is 22.1. The highest BCUT2D eigenvalue weighted by atomic mass is 31.2. The van der Waals surface area contributed by atoms with Crippen molar-refractivity contribution >= 4 is 13.7 Å². The summed E-state index contributed by atoms with van der Waals surface area (Å²) in [5.74, 6) is -0.471. The van der Waals surface area contributed by atoms with Crippen molar-refractivity contribution in [2.45, 2.75) is 199 Å². The molecule has 0 spiro atoms. The van der Waals surface area contributed by atoms with E-state index < -0.39 is 38.6 Å². The zero-order valence-corrected chi connectivity index (χ0v) is 35.9. The van der Waals surface area contributed by atoms with E-state index in [4.69, 9.17) is 14.8 Å². The summed E-state index contributed by atoms with van der Waals surface area (Å²) in [6.45, 7) is 3.89. The van der Waals surface area contributed by atoms with Crippen LogP contribution < -0.4 is 11.1 Å². The summed E-state index contributed by atoms with van der Waals surface area (Å²) in [5, 5.41) is 24.0. The van der Waals surface area contributed by atoms with Gasteiger partial charge in [-0.05, 0) is 77.0 Å². The number of carbonyl (C=O) groups excluding carboxylic acids is 1. The van der Waals surface area contributed by atoms with Crippen LogP contribution in [0.15, 0.2) is 60.8 Å². The number of allylic oxidation sites excluding steroid dienone is 9. The van der Waals surface area contributed by atoms with Gasteiger partial charge in [-0.25, -0.2) is 4.57 Å². The van der Waals surface area contributed by atoms with Crippen molar-refractivity contribution in [3.63, 3.8) is 0 Å². The van der Waals surface area contributed by atoms with E-state index in [0.29, 0.717) is 12.8 Å². The molecule has 0 saturated heterocycles. The van der Waals surface area contributed by atoms with Gasteiger partial charge in [0.25, 0.3) is 0 Å². The lowest BCUT2D eigenvalue weighted by molar-refractivity contribution is -0.124. The van der Waals surface area contributed by atoms with Crippen LogP contribution >= 0.6 is 7.82 Å². The minimum Gasteiger partial charge on any atom is -0.393 e. The minimum absolute atomic E-state index is 0.0382. The number of hydrogen-bond acceptors (Lipinski definition) is 7. The highest BCUT2D eigenvalue weighted by Crippen LogP contribution is 2.43. The Morgan fingerprint density at radius 2 is 1.09 bits per heavy atom. The lowest BCUT2D eigenvalue weighted by Gasteiger charge is -2.24. The Morgan fingerprint density at radius 3 is 1.65 bits per heavy atom. The Labute approximate surface area is 337 Å². The molecule has 1 amide bonds. The molecule has 0 aromatic carbocycles. The summed E-state index contributed by atoms with van der Waals surface area (Å²) in [4.78, 5) is 22.7. The molecule has 0 heterocycles. The number of aliphatic hydroxyl groups excluding tert-OH is 2. The highest BCUT2D eigenvalue weighted by Gasteiger charge is 2.27. The van der Waals surface area contributed by atoms with Crippen LogP contribution in [0, 0.1) is 0 Å². The van der Waals surface area contributed by atoms with Crippen LogP contribution in [0.5, 0.6) is 0 Å². The first-order valence-electron chi connectivity index (χ1n) is 22.0. The molecule has 4 atom stereocenters. The van der Waals surface area contributed by atoms with Crippen LogP contribution in [0.25, 0.3) is 0 Å². The van der Waals surface area contributed by atoms with Gasteiger partial charge in [-0.2, -0.15) is 0 Å². The first-order valence-corrected chi connectivity index (χ1v) is 23.5. The third kappa shape index (κ3) is 38.8. The van der Waals surface area contributed by atoms with Gasteiger partial charge < -0.3 is 26.2 Å². The summed E-state index contributed by atoms with van der Waals surface area (Å²) >= 11 is 0. The summed E-state index contributed by atoms with van der Waals surface area (Å²) in [7, 11) is -4.42. The quantitative estimate of drug-likeness (QED) is 0.0234. The number of carbonyl (C=O) groups is 1. The fourth-order valence-corrected chi connectivity index (χ4v) is 6.76. The van der Waals surface area contributed by atoms with E-state index in [1.807, 2.05) is 6.08 Å². The molecule has 55 heavy (non-hydrogen) atoms. The first kappa shape index (κ1) is 53.2. The van der Waals surface area contributed by atoms with Crippen molar-refractivity contribution in [2.75, 3.05) is 19.8 Å². The van der Waals surface area contributed by atoms with E-state index in [2.05, 4.69) is 67.8 Å². The number of hydrogen-bond donors (Lipinski definition) is 5. The Balaban J connectivity index is 4.44. The minimum atomic E-state index is -4.42. The Hall–Kier alpha value is -1.84. The number of rotatable bonds is 40. The zero-order chi connectivity index (χ0) is 40.5. The van der Waals surface area contributed by atoms with Crippen molar-refractivity contribution < 1.29 is 33.5 Å². The third-order valence-corrected chi connectivity index (χ3v) is 10.3. The van der Waals surface area contributed by atoms with Gasteiger partial charge in [-0.15, -0.1) is 0 Å². The van der Waals surface area contributed by atoms with Crippen molar-refractivity contribution in [2.24, 2.45) is 5.73 Å². The van der Waals surface area contributed by atoms with Crippen molar-refractivity contribution in [1.29, 1.82) is 0 Å². The lowest BCUT2D eigenvalue weighted by atomic mass is 10.0. The van der Waals surface area contributed by atoms with Crippen LogP contribution in [0.4, 0.5) is 0 Å². The van der Waals surface area contributed by atoms with Crippen LogP contribution in [-0.2, 0) is 18.4 Å². The SMILES string of the molecule is CCCCC/C=C\C/C=C\CCCCCCCC(O)CC(=O)NC(COP(=O)(O)OCCN)C(O)/C=C/CC/C=C/CC/C=C/CCCCCCCCCC. The predicted molar refractivity (Wildman–Crippen MR) is 232 cm³/mol. The number of nitrogens with two attached hydrogens (primary N) is 1. The number of aliphatic hydroxyl groups is 2. The number of unbranched alkanes of at least 4 members (excludes halogenated alkanes) is 18. The second-order valence-electron chi connectivity index (χ2n) is 14.7. The molecular weight excluding hydrogens is 711 g/mol. The van der Waals surface area contributed by atoms with E-state index in [1.54, 1.807) is 6.08 Å². The molecule has 10 heteroatoms. The fraction of sp³-hybridized carbons (Fsp3) is 0.756. The number of nitrogens with one attached hydrogen (secondary N) is 1. The molecule has 4 unspecified atom stereocenters. The molecule has 0 rings (SSSR count). The number of amides is 1. The monoisotopic (exact) mass is 795 g/mol. The smallest absolute Gasteiger partial charge is 0.393 e. The Morgan fingerprint density at radius 1 is 0.636 bits per heavy atom. The van der Waals surface area contributed by atoms with E-state index in [9.17, 15) is 24.5 Å². The molecule has 0 bridgehead atoms. The molecule has 0 fully saturated rings. The van der Waals surface area contributed by atoms with E-state index in [-0.39, 0.29) is 19.6 Å². The normalized spacial score (nSPS) is 15.2. The Bertz CT molecular complexity index is 1060. The van der Waals surface area contributed by atoms with Crippen molar-refractivity contribution in [1.82, 2.24) is 5.32 Å². The molecule has 0 aliphatic carbocycles.